The third kappa shape index (κ3) is 4.51. The third-order valence-corrected chi connectivity index (χ3v) is 5.45. The van der Waals surface area contributed by atoms with Gasteiger partial charge in [0.1, 0.15) is 5.75 Å². The maximum atomic E-state index is 14.1. The van der Waals surface area contributed by atoms with Crippen molar-refractivity contribution in [2.45, 2.75) is 13.3 Å². The van der Waals surface area contributed by atoms with Crippen LogP contribution in [0.5, 0.6) is 5.75 Å². The zero-order valence-corrected chi connectivity index (χ0v) is 16.6. The van der Waals surface area contributed by atoms with Crippen LogP contribution in [0.3, 0.4) is 0 Å². The molecule has 0 aliphatic rings. The molecule has 0 bridgehead atoms. The van der Waals surface area contributed by atoms with Gasteiger partial charge in [-0.05, 0) is 60.5 Å². The fraction of sp³-hybridized carbons (Fsp3) is 0.182. The predicted molar refractivity (Wildman–Crippen MR) is 106 cm³/mol. The van der Waals surface area contributed by atoms with Gasteiger partial charge in [-0.25, -0.2) is 8.78 Å². The number of ether oxygens (including phenoxy) is 2. The van der Waals surface area contributed by atoms with Gasteiger partial charge in [-0.3, -0.25) is 9.59 Å². The van der Waals surface area contributed by atoms with Gasteiger partial charge in [-0.15, -0.1) is 11.3 Å². The molecule has 150 valence electrons. The van der Waals surface area contributed by atoms with Gasteiger partial charge in [0.05, 0.1) is 30.6 Å². The average molecular weight is 416 g/mol. The summed E-state index contributed by atoms with van der Waals surface area (Å²) in [5.74, 6) is -2.69. The fourth-order valence-electron chi connectivity index (χ4n) is 2.84. The molecular weight excluding hydrogens is 398 g/mol. The van der Waals surface area contributed by atoms with Gasteiger partial charge in [0.25, 0.3) is 0 Å². The molecule has 1 aromatic heterocycles. The van der Waals surface area contributed by atoms with Crippen molar-refractivity contribution in [1.29, 1.82) is 0 Å². The first-order chi connectivity index (χ1) is 13.9. The van der Waals surface area contributed by atoms with Crippen molar-refractivity contribution in [3.8, 4) is 16.2 Å². The highest BCUT2D eigenvalue weighted by molar-refractivity contribution is 7.17. The Morgan fingerprint density at radius 3 is 2.45 bits per heavy atom. The zero-order chi connectivity index (χ0) is 21.0. The standard InChI is InChI=1S/C22H18F2O4S/c1-3-28-19(25)12-14-11-18(21(26)16-5-4-6-17(23)20(16)24)29-22(14)13-7-9-15(27-2)10-8-13/h4-11H,3,12H2,1-2H3. The molecule has 0 atom stereocenters. The quantitative estimate of drug-likeness (QED) is 0.400. The molecule has 0 saturated carbocycles. The van der Waals surface area contributed by atoms with Gasteiger partial charge in [0.15, 0.2) is 11.6 Å². The van der Waals surface area contributed by atoms with Crippen LogP contribution < -0.4 is 4.74 Å². The predicted octanol–water partition coefficient (Wildman–Crippen LogP) is 5.04. The molecule has 0 radical (unpaired) electrons. The summed E-state index contributed by atoms with van der Waals surface area (Å²) in [7, 11) is 1.55. The molecule has 0 unspecified atom stereocenters. The SMILES string of the molecule is CCOC(=O)Cc1cc(C(=O)c2cccc(F)c2F)sc1-c1ccc(OC)cc1. The highest BCUT2D eigenvalue weighted by Gasteiger charge is 2.22. The van der Waals surface area contributed by atoms with Crippen LogP contribution in [-0.4, -0.2) is 25.5 Å². The third-order valence-electron chi connectivity index (χ3n) is 4.22. The Kier molecular flexibility index (Phi) is 6.39. The van der Waals surface area contributed by atoms with E-state index >= 15 is 0 Å². The monoisotopic (exact) mass is 416 g/mol. The van der Waals surface area contributed by atoms with E-state index in [-0.39, 0.29) is 23.5 Å². The van der Waals surface area contributed by atoms with Gasteiger partial charge < -0.3 is 9.47 Å². The Morgan fingerprint density at radius 1 is 1.07 bits per heavy atom. The van der Waals surface area contributed by atoms with Crippen LogP contribution in [0.2, 0.25) is 0 Å². The molecule has 3 rings (SSSR count). The van der Waals surface area contributed by atoms with Crippen molar-refractivity contribution in [2.24, 2.45) is 0 Å². The summed E-state index contributed by atoms with van der Waals surface area (Å²) in [5, 5.41) is 0. The first-order valence-electron chi connectivity index (χ1n) is 8.86. The molecule has 1 heterocycles. The van der Waals surface area contributed by atoms with Crippen molar-refractivity contribution in [2.75, 3.05) is 13.7 Å². The molecule has 3 aromatic rings. The Hall–Kier alpha value is -3.06. The number of hydrogen-bond donors (Lipinski definition) is 0. The number of methoxy groups -OCH3 is 1. The van der Waals surface area contributed by atoms with E-state index in [9.17, 15) is 18.4 Å². The summed E-state index contributed by atoms with van der Waals surface area (Å²) in [5.41, 5.74) is 1.00. The first kappa shape index (κ1) is 20.7. The molecule has 0 aliphatic heterocycles. The molecule has 2 aromatic carbocycles. The number of carbonyl (C=O) groups excluding carboxylic acids is 2. The van der Waals surface area contributed by atoms with Crippen LogP contribution in [-0.2, 0) is 16.0 Å². The zero-order valence-electron chi connectivity index (χ0n) is 15.8. The highest BCUT2D eigenvalue weighted by Crippen LogP contribution is 2.35. The smallest absolute Gasteiger partial charge is 0.310 e. The van der Waals surface area contributed by atoms with E-state index in [1.54, 1.807) is 38.3 Å². The largest absolute Gasteiger partial charge is 0.497 e. The molecule has 29 heavy (non-hydrogen) atoms. The molecule has 0 aliphatic carbocycles. The second-order valence-corrected chi connectivity index (χ2v) is 7.16. The van der Waals surface area contributed by atoms with E-state index in [4.69, 9.17) is 9.47 Å². The molecule has 0 amide bonds. The summed E-state index contributed by atoms with van der Waals surface area (Å²) < 4.78 is 37.8. The van der Waals surface area contributed by atoms with Gasteiger partial charge in [-0.2, -0.15) is 0 Å². The van der Waals surface area contributed by atoms with Crippen LogP contribution >= 0.6 is 11.3 Å². The minimum Gasteiger partial charge on any atom is -0.497 e. The lowest BCUT2D eigenvalue weighted by Gasteiger charge is -2.05. The molecule has 0 N–H and O–H groups in total. The number of carbonyl (C=O) groups is 2. The summed E-state index contributed by atoms with van der Waals surface area (Å²) in [6, 6.07) is 12.1. The van der Waals surface area contributed by atoms with Gasteiger partial charge in [-0.1, -0.05) is 6.07 Å². The van der Waals surface area contributed by atoms with Gasteiger partial charge in [0.2, 0.25) is 5.78 Å². The lowest BCUT2D eigenvalue weighted by Crippen LogP contribution is -2.07. The molecule has 7 heteroatoms. The molecule has 0 spiro atoms. The topological polar surface area (TPSA) is 52.6 Å². The summed E-state index contributed by atoms with van der Waals surface area (Å²) >= 11 is 1.12. The van der Waals surface area contributed by atoms with Crippen molar-refractivity contribution < 1.29 is 27.8 Å². The minimum atomic E-state index is -1.19. The number of ketones is 1. The summed E-state index contributed by atoms with van der Waals surface area (Å²) in [6.45, 7) is 1.94. The average Bonchev–Trinajstić information content (AvgIpc) is 3.13. The number of thiophene rings is 1. The second-order valence-electron chi connectivity index (χ2n) is 6.11. The Bertz CT molecular complexity index is 1040. The van der Waals surface area contributed by atoms with Crippen molar-refractivity contribution >= 4 is 23.1 Å². The van der Waals surface area contributed by atoms with Crippen molar-refractivity contribution in [3.05, 3.63) is 76.2 Å². The lowest BCUT2D eigenvalue weighted by atomic mass is 10.0. The minimum absolute atomic E-state index is 0.0371. The van der Waals surface area contributed by atoms with E-state index in [1.165, 1.54) is 18.2 Å². The van der Waals surface area contributed by atoms with Crippen LogP contribution in [0.4, 0.5) is 8.78 Å². The van der Waals surface area contributed by atoms with Crippen LogP contribution in [0.25, 0.3) is 10.4 Å². The van der Waals surface area contributed by atoms with Crippen LogP contribution in [0.15, 0.2) is 48.5 Å². The maximum Gasteiger partial charge on any atom is 0.310 e. The van der Waals surface area contributed by atoms with E-state index in [0.29, 0.717) is 16.2 Å². The number of esters is 1. The number of halogens is 2. The summed E-state index contributed by atoms with van der Waals surface area (Å²) in [6.07, 6.45) is -0.0371. The Morgan fingerprint density at radius 2 is 1.79 bits per heavy atom. The number of benzene rings is 2. The van der Waals surface area contributed by atoms with Crippen LogP contribution in [0, 0.1) is 11.6 Å². The van der Waals surface area contributed by atoms with E-state index in [0.717, 1.165) is 23.0 Å². The summed E-state index contributed by atoms with van der Waals surface area (Å²) in [4.78, 5) is 25.7. The van der Waals surface area contributed by atoms with Crippen LogP contribution in [0.1, 0.15) is 27.7 Å². The van der Waals surface area contributed by atoms with E-state index in [1.807, 2.05) is 0 Å². The lowest BCUT2D eigenvalue weighted by molar-refractivity contribution is -0.142. The number of rotatable bonds is 7. The van der Waals surface area contributed by atoms with Crippen molar-refractivity contribution in [3.63, 3.8) is 0 Å². The molecular formula is C22H18F2O4S. The highest BCUT2D eigenvalue weighted by atomic mass is 32.1. The fourth-order valence-corrected chi connectivity index (χ4v) is 3.98. The second kappa shape index (κ2) is 8.96. The van der Waals surface area contributed by atoms with Gasteiger partial charge in [0, 0.05) is 4.88 Å². The normalized spacial score (nSPS) is 10.6. The van der Waals surface area contributed by atoms with E-state index < -0.39 is 23.4 Å². The molecule has 0 saturated heterocycles. The Balaban J connectivity index is 2.04. The first-order valence-corrected chi connectivity index (χ1v) is 9.67. The van der Waals surface area contributed by atoms with Gasteiger partial charge >= 0.3 is 5.97 Å². The molecule has 0 fully saturated rings. The van der Waals surface area contributed by atoms with E-state index in [2.05, 4.69) is 0 Å². The Labute approximate surface area is 170 Å². The number of hydrogen-bond acceptors (Lipinski definition) is 5. The maximum absolute atomic E-state index is 14.1. The molecule has 4 nitrogen and oxygen atoms in total. The van der Waals surface area contributed by atoms with Crippen molar-refractivity contribution in [1.82, 2.24) is 0 Å².